The van der Waals surface area contributed by atoms with Gasteiger partial charge in [-0.1, -0.05) is 41.7 Å². The predicted molar refractivity (Wildman–Crippen MR) is 82.8 cm³/mol. The summed E-state index contributed by atoms with van der Waals surface area (Å²) in [6, 6.07) is 15.0. The van der Waals surface area contributed by atoms with Gasteiger partial charge in [0, 0.05) is 17.7 Å². The van der Waals surface area contributed by atoms with Crippen molar-refractivity contribution in [2.24, 2.45) is 0 Å². The Balaban J connectivity index is 1.97. The van der Waals surface area contributed by atoms with Crippen molar-refractivity contribution in [2.45, 2.75) is 13.5 Å². The molecule has 2 aromatic carbocycles. The van der Waals surface area contributed by atoms with E-state index < -0.39 is 0 Å². The summed E-state index contributed by atoms with van der Waals surface area (Å²) in [5.74, 6) is 5.25. The van der Waals surface area contributed by atoms with Crippen LogP contribution in [0.3, 0.4) is 0 Å². The summed E-state index contributed by atoms with van der Waals surface area (Å²) in [6.07, 6.45) is 0. The molecule has 0 aromatic heterocycles. The first-order valence-corrected chi connectivity index (χ1v) is 6.72. The van der Waals surface area contributed by atoms with Crippen molar-refractivity contribution in [1.29, 1.82) is 0 Å². The van der Waals surface area contributed by atoms with Crippen molar-refractivity contribution >= 4 is 5.91 Å². The Morgan fingerprint density at radius 2 is 1.95 bits per heavy atom. The number of hydrogen-bond acceptors (Lipinski definition) is 2. The van der Waals surface area contributed by atoms with Gasteiger partial charge in [0.2, 0.25) is 0 Å². The number of hydrogen-bond donors (Lipinski definition) is 2. The van der Waals surface area contributed by atoms with Gasteiger partial charge in [-0.05, 0) is 36.8 Å². The number of carbonyl (C=O) groups excluding carboxylic acids is 1. The minimum atomic E-state index is -0.168. The number of carbonyl (C=O) groups is 1. The highest BCUT2D eigenvalue weighted by atomic mass is 16.2. The molecule has 2 aromatic rings. The first kappa shape index (κ1) is 14.8. The van der Waals surface area contributed by atoms with Crippen LogP contribution in [0, 0.1) is 18.8 Å². The van der Waals surface area contributed by atoms with Gasteiger partial charge >= 0.3 is 0 Å². The fourth-order valence-corrected chi connectivity index (χ4v) is 1.95. The van der Waals surface area contributed by atoms with Crippen LogP contribution in [0.15, 0.2) is 48.5 Å². The third-order valence-corrected chi connectivity index (χ3v) is 2.99. The van der Waals surface area contributed by atoms with Gasteiger partial charge in [-0.3, -0.25) is 4.79 Å². The minimum absolute atomic E-state index is 0.113. The molecular weight excluding hydrogens is 262 g/mol. The highest BCUT2D eigenvalue weighted by Crippen LogP contribution is 2.06. The van der Waals surface area contributed by atoms with E-state index in [1.54, 1.807) is 24.3 Å². The lowest BCUT2D eigenvalue weighted by Crippen LogP contribution is -2.22. The van der Waals surface area contributed by atoms with E-state index in [0.717, 1.165) is 11.1 Å². The standard InChI is InChI=1S/C18H17NO2/c1-14-4-2-5-16(12-14)13-19-18(21)17-9-7-15(8-10-17)6-3-11-20/h2,4-5,7-10,12,20H,11,13H2,1H3,(H,19,21). The molecule has 1 amide bonds. The average Bonchev–Trinajstić information content (AvgIpc) is 2.51. The lowest BCUT2D eigenvalue weighted by Gasteiger charge is -2.06. The molecule has 0 unspecified atom stereocenters. The minimum Gasteiger partial charge on any atom is -0.384 e. The summed E-state index contributed by atoms with van der Waals surface area (Å²) in [7, 11) is 0. The zero-order valence-electron chi connectivity index (χ0n) is 11.9. The van der Waals surface area contributed by atoms with Crippen LogP contribution in [-0.2, 0) is 6.54 Å². The Morgan fingerprint density at radius 1 is 1.19 bits per heavy atom. The van der Waals surface area contributed by atoms with Crippen molar-refractivity contribution in [3.05, 3.63) is 70.8 Å². The molecule has 0 bridgehead atoms. The Labute approximate surface area is 124 Å². The Morgan fingerprint density at radius 3 is 2.62 bits per heavy atom. The second-order valence-corrected chi connectivity index (χ2v) is 4.71. The molecule has 0 aliphatic carbocycles. The SMILES string of the molecule is Cc1cccc(CNC(=O)c2ccc(C#CCO)cc2)c1. The van der Waals surface area contributed by atoms with Gasteiger partial charge in [-0.2, -0.15) is 0 Å². The maximum atomic E-state index is 12.0. The monoisotopic (exact) mass is 279 g/mol. The normalized spacial score (nSPS) is 9.62. The molecule has 0 aliphatic heterocycles. The summed E-state index contributed by atoms with van der Waals surface area (Å²) >= 11 is 0. The highest BCUT2D eigenvalue weighted by molar-refractivity contribution is 5.94. The highest BCUT2D eigenvalue weighted by Gasteiger charge is 2.04. The number of aryl methyl sites for hydroxylation is 1. The summed E-state index contributed by atoms with van der Waals surface area (Å²) in [5.41, 5.74) is 3.62. The predicted octanol–water partition coefficient (Wildman–Crippen LogP) is 2.27. The summed E-state index contributed by atoms with van der Waals surface area (Å²) < 4.78 is 0. The van der Waals surface area contributed by atoms with Crippen LogP contribution in [0.5, 0.6) is 0 Å². The number of rotatable bonds is 3. The molecule has 0 heterocycles. The number of amides is 1. The molecule has 2 N–H and O–H groups in total. The zero-order chi connectivity index (χ0) is 15.1. The van der Waals surface area contributed by atoms with Crippen LogP contribution in [0.25, 0.3) is 0 Å². The lowest BCUT2D eigenvalue weighted by molar-refractivity contribution is 0.0951. The molecule has 106 valence electrons. The number of aliphatic hydroxyl groups excluding tert-OH is 1. The topological polar surface area (TPSA) is 49.3 Å². The van der Waals surface area contributed by atoms with E-state index in [9.17, 15) is 4.79 Å². The second kappa shape index (κ2) is 7.28. The van der Waals surface area contributed by atoms with E-state index >= 15 is 0 Å². The molecule has 21 heavy (non-hydrogen) atoms. The van der Waals surface area contributed by atoms with Crippen molar-refractivity contribution < 1.29 is 9.90 Å². The number of aliphatic hydroxyl groups is 1. The van der Waals surface area contributed by atoms with E-state index in [-0.39, 0.29) is 12.5 Å². The Hall–Kier alpha value is -2.57. The molecule has 0 saturated heterocycles. The van der Waals surface area contributed by atoms with Crippen LogP contribution in [-0.4, -0.2) is 17.6 Å². The van der Waals surface area contributed by atoms with Crippen LogP contribution in [0.4, 0.5) is 0 Å². The van der Waals surface area contributed by atoms with E-state index in [1.165, 1.54) is 5.56 Å². The molecule has 3 heteroatoms. The molecule has 0 aliphatic rings. The van der Waals surface area contributed by atoms with Gasteiger partial charge in [0.25, 0.3) is 5.91 Å². The lowest BCUT2D eigenvalue weighted by atomic mass is 10.1. The fourth-order valence-electron chi connectivity index (χ4n) is 1.95. The molecule has 2 rings (SSSR count). The largest absolute Gasteiger partial charge is 0.384 e. The summed E-state index contributed by atoms with van der Waals surface area (Å²) in [6.45, 7) is 2.36. The average molecular weight is 279 g/mol. The summed E-state index contributed by atoms with van der Waals surface area (Å²) in [5, 5.41) is 11.5. The van der Waals surface area contributed by atoms with E-state index in [1.807, 2.05) is 31.2 Å². The Kier molecular flexibility index (Phi) is 5.14. The number of benzene rings is 2. The van der Waals surface area contributed by atoms with Gasteiger partial charge in [0.1, 0.15) is 6.61 Å². The Bertz CT molecular complexity index is 678. The molecule has 0 radical (unpaired) electrons. The fraction of sp³-hybridized carbons (Fsp3) is 0.167. The van der Waals surface area contributed by atoms with E-state index in [4.69, 9.17) is 5.11 Å². The van der Waals surface area contributed by atoms with Gasteiger partial charge in [-0.15, -0.1) is 0 Å². The zero-order valence-corrected chi connectivity index (χ0v) is 11.9. The first-order valence-electron chi connectivity index (χ1n) is 6.72. The van der Waals surface area contributed by atoms with Crippen molar-refractivity contribution in [3.8, 4) is 11.8 Å². The van der Waals surface area contributed by atoms with Gasteiger partial charge in [0.05, 0.1) is 0 Å². The van der Waals surface area contributed by atoms with Crippen molar-refractivity contribution in [3.63, 3.8) is 0 Å². The molecule has 0 saturated carbocycles. The molecule has 0 spiro atoms. The molecule has 0 fully saturated rings. The van der Waals surface area contributed by atoms with E-state index in [0.29, 0.717) is 12.1 Å². The molecule has 0 atom stereocenters. The van der Waals surface area contributed by atoms with Gasteiger partial charge in [0.15, 0.2) is 0 Å². The third kappa shape index (κ3) is 4.48. The molecular formula is C18H17NO2. The van der Waals surface area contributed by atoms with Crippen molar-refractivity contribution in [1.82, 2.24) is 5.32 Å². The van der Waals surface area contributed by atoms with Crippen LogP contribution >= 0.6 is 0 Å². The third-order valence-electron chi connectivity index (χ3n) is 2.99. The smallest absolute Gasteiger partial charge is 0.251 e. The second-order valence-electron chi connectivity index (χ2n) is 4.71. The number of nitrogens with one attached hydrogen (secondary N) is 1. The van der Waals surface area contributed by atoms with Crippen LogP contribution in [0.1, 0.15) is 27.0 Å². The maximum Gasteiger partial charge on any atom is 0.251 e. The quantitative estimate of drug-likeness (QED) is 0.847. The first-order chi connectivity index (χ1) is 10.2. The van der Waals surface area contributed by atoms with Crippen molar-refractivity contribution in [2.75, 3.05) is 6.61 Å². The van der Waals surface area contributed by atoms with Crippen LogP contribution < -0.4 is 5.32 Å². The van der Waals surface area contributed by atoms with E-state index in [2.05, 4.69) is 17.2 Å². The summed E-state index contributed by atoms with van der Waals surface area (Å²) in [4.78, 5) is 12.0. The molecule has 3 nitrogen and oxygen atoms in total. The van der Waals surface area contributed by atoms with Gasteiger partial charge < -0.3 is 10.4 Å². The maximum absolute atomic E-state index is 12.0. The van der Waals surface area contributed by atoms with Crippen LogP contribution in [0.2, 0.25) is 0 Å². The van der Waals surface area contributed by atoms with Gasteiger partial charge in [-0.25, -0.2) is 0 Å².